The first kappa shape index (κ1) is 15.8. The van der Waals surface area contributed by atoms with E-state index in [1.54, 1.807) is 6.07 Å². The summed E-state index contributed by atoms with van der Waals surface area (Å²) in [4.78, 5) is 0. The summed E-state index contributed by atoms with van der Waals surface area (Å²) in [5, 5.41) is 0.660. The summed E-state index contributed by atoms with van der Waals surface area (Å²) in [6, 6.07) is 8.83. The molecule has 2 N–H and O–H groups in total. The van der Waals surface area contributed by atoms with E-state index < -0.39 is 0 Å². The minimum atomic E-state index is -0.244. The topological polar surface area (TPSA) is 35.2 Å². The number of hydrogen-bond donors (Lipinski definition) is 1. The van der Waals surface area contributed by atoms with Crippen molar-refractivity contribution in [3.8, 4) is 16.9 Å². The van der Waals surface area contributed by atoms with Gasteiger partial charge in [0.15, 0.2) is 0 Å². The first-order valence-corrected chi connectivity index (χ1v) is 7.33. The Morgan fingerprint density at radius 3 is 2.67 bits per heavy atom. The third-order valence-electron chi connectivity index (χ3n) is 3.48. The molecule has 0 saturated carbocycles. The lowest BCUT2D eigenvalue weighted by atomic mass is 9.94. The Hall–Kier alpha value is -1.58. The average Bonchev–Trinajstić information content (AvgIpc) is 2.50. The fourth-order valence-electron chi connectivity index (χ4n) is 2.56. The van der Waals surface area contributed by atoms with E-state index in [1.807, 2.05) is 25.1 Å². The van der Waals surface area contributed by atoms with Gasteiger partial charge < -0.3 is 10.5 Å². The van der Waals surface area contributed by atoms with Gasteiger partial charge in [-0.25, -0.2) is 4.39 Å². The van der Waals surface area contributed by atoms with Crippen molar-refractivity contribution in [3.05, 3.63) is 52.3 Å². The average molecular weight is 308 g/mol. The molecule has 2 aromatic carbocycles. The number of nitrogens with two attached hydrogens (primary N) is 1. The molecule has 0 radical (unpaired) electrons. The number of ether oxygens (including phenoxy) is 1. The van der Waals surface area contributed by atoms with Crippen molar-refractivity contribution in [2.45, 2.75) is 19.8 Å². The molecule has 4 heteroatoms. The van der Waals surface area contributed by atoms with E-state index in [-0.39, 0.29) is 5.82 Å². The Labute approximate surface area is 129 Å². The molecule has 2 nitrogen and oxygen atoms in total. The third kappa shape index (κ3) is 3.20. The monoisotopic (exact) mass is 307 g/mol. The highest BCUT2D eigenvalue weighted by atomic mass is 35.5. The number of benzene rings is 2. The molecule has 2 aromatic rings. The molecule has 1 aliphatic heterocycles. The standard InChI is InChI=1S/C16H14ClFO.CH5N/c1-10-9-12(17)5-6-13(10)15-14(18)7-4-11-3-2-8-19-16(11)15;1-2/h4-7,9H,2-3,8H2,1H3;2H2,1H3. The highest BCUT2D eigenvalue weighted by molar-refractivity contribution is 6.30. The molecule has 1 heterocycles. The van der Waals surface area contributed by atoms with Gasteiger partial charge in [0.25, 0.3) is 0 Å². The van der Waals surface area contributed by atoms with Crippen LogP contribution in [0, 0.1) is 12.7 Å². The first-order valence-electron chi connectivity index (χ1n) is 6.95. The molecule has 112 valence electrons. The maximum atomic E-state index is 14.2. The number of aryl methyl sites for hydroxylation is 2. The van der Waals surface area contributed by atoms with Gasteiger partial charge in [0, 0.05) is 5.02 Å². The van der Waals surface area contributed by atoms with Gasteiger partial charge in [-0.05, 0) is 61.7 Å². The molecule has 0 aromatic heterocycles. The summed E-state index contributed by atoms with van der Waals surface area (Å²) < 4.78 is 19.9. The van der Waals surface area contributed by atoms with Crippen molar-refractivity contribution < 1.29 is 9.13 Å². The number of halogens is 2. The van der Waals surface area contributed by atoms with Gasteiger partial charge in [-0.3, -0.25) is 0 Å². The molecule has 21 heavy (non-hydrogen) atoms. The summed E-state index contributed by atoms with van der Waals surface area (Å²) in [5.41, 5.74) is 7.94. The minimum absolute atomic E-state index is 0.244. The highest BCUT2D eigenvalue weighted by Gasteiger charge is 2.20. The summed E-state index contributed by atoms with van der Waals surface area (Å²) in [5.74, 6) is 0.447. The maximum absolute atomic E-state index is 14.2. The van der Waals surface area contributed by atoms with Gasteiger partial charge in [-0.1, -0.05) is 23.7 Å². The Balaban J connectivity index is 0.000000774. The fraction of sp³-hybridized carbons (Fsp3) is 0.294. The number of hydrogen-bond acceptors (Lipinski definition) is 2. The van der Waals surface area contributed by atoms with Crippen LogP contribution in [0.15, 0.2) is 30.3 Å². The summed E-state index contributed by atoms with van der Waals surface area (Å²) in [7, 11) is 1.50. The van der Waals surface area contributed by atoms with Gasteiger partial charge in [-0.2, -0.15) is 0 Å². The number of fused-ring (bicyclic) bond motifs is 1. The SMILES string of the molecule is CN.Cc1cc(Cl)ccc1-c1c(F)ccc2c1OCCC2. The van der Waals surface area contributed by atoms with Crippen molar-refractivity contribution in [2.24, 2.45) is 5.73 Å². The lowest BCUT2D eigenvalue weighted by Gasteiger charge is -2.21. The molecular weight excluding hydrogens is 289 g/mol. The Kier molecular flexibility index (Phi) is 5.21. The minimum Gasteiger partial charge on any atom is -0.493 e. The molecule has 0 fully saturated rings. The van der Waals surface area contributed by atoms with Gasteiger partial charge in [0.05, 0.1) is 12.2 Å². The molecule has 0 aliphatic carbocycles. The van der Waals surface area contributed by atoms with Crippen LogP contribution in [-0.2, 0) is 6.42 Å². The quantitative estimate of drug-likeness (QED) is 0.850. The van der Waals surface area contributed by atoms with E-state index in [9.17, 15) is 4.39 Å². The third-order valence-corrected chi connectivity index (χ3v) is 3.72. The van der Waals surface area contributed by atoms with Gasteiger partial charge in [-0.15, -0.1) is 0 Å². The summed E-state index contributed by atoms with van der Waals surface area (Å²) in [6.45, 7) is 2.58. The fourth-order valence-corrected chi connectivity index (χ4v) is 2.79. The Morgan fingerprint density at radius 2 is 1.95 bits per heavy atom. The van der Waals surface area contributed by atoms with Crippen LogP contribution >= 0.6 is 11.6 Å². The highest BCUT2D eigenvalue weighted by Crippen LogP contribution is 2.40. The largest absolute Gasteiger partial charge is 0.493 e. The molecule has 0 saturated heterocycles. The van der Waals surface area contributed by atoms with Crippen LogP contribution in [0.5, 0.6) is 5.75 Å². The molecule has 0 atom stereocenters. The number of rotatable bonds is 1. The van der Waals surface area contributed by atoms with Crippen LogP contribution in [0.4, 0.5) is 4.39 Å². The van der Waals surface area contributed by atoms with Crippen molar-refractivity contribution in [1.29, 1.82) is 0 Å². The van der Waals surface area contributed by atoms with E-state index >= 15 is 0 Å². The predicted molar refractivity (Wildman–Crippen MR) is 85.5 cm³/mol. The van der Waals surface area contributed by atoms with Crippen LogP contribution in [0.2, 0.25) is 5.02 Å². The van der Waals surface area contributed by atoms with Crippen molar-refractivity contribution in [2.75, 3.05) is 13.7 Å². The first-order chi connectivity index (χ1) is 10.2. The second-order valence-corrected chi connectivity index (χ2v) is 5.26. The van der Waals surface area contributed by atoms with Crippen LogP contribution in [0.3, 0.4) is 0 Å². The second kappa shape index (κ2) is 6.92. The normalized spacial score (nSPS) is 12.8. The van der Waals surface area contributed by atoms with Crippen LogP contribution in [0.25, 0.3) is 11.1 Å². The molecular formula is C17H19ClFNO. The van der Waals surface area contributed by atoms with E-state index in [0.29, 0.717) is 22.9 Å². The van der Waals surface area contributed by atoms with Crippen molar-refractivity contribution >= 4 is 11.6 Å². The Bertz CT molecular complexity index is 643. The van der Waals surface area contributed by atoms with Crippen LogP contribution in [-0.4, -0.2) is 13.7 Å². The molecule has 3 rings (SSSR count). The summed E-state index contributed by atoms with van der Waals surface area (Å²) >= 11 is 5.96. The van der Waals surface area contributed by atoms with Crippen molar-refractivity contribution in [1.82, 2.24) is 0 Å². The lowest BCUT2D eigenvalue weighted by molar-refractivity contribution is 0.288. The maximum Gasteiger partial charge on any atom is 0.134 e. The zero-order valence-electron chi connectivity index (χ0n) is 12.2. The van der Waals surface area contributed by atoms with Gasteiger partial charge >= 0.3 is 0 Å². The van der Waals surface area contributed by atoms with Crippen LogP contribution < -0.4 is 10.5 Å². The molecule has 1 aliphatic rings. The smallest absolute Gasteiger partial charge is 0.134 e. The predicted octanol–water partition coefficient (Wildman–Crippen LogP) is 4.35. The van der Waals surface area contributed by atoms with Crippen LogP contribution in [0.1, 0.15) is 17.5 Å². The lowest BCUT2D eigenvalue weighted by Crippen LogP contribution is -2.10. The van der Waals surface area contributed by atoms with E-state index in [0.717, 1.165) is 29.5 Å². The Morgan fingerprint density at radius 1 is 1.19 bits per heavy atom. The molecule has 0 unspecified atom stereocenters. The zero-order chi connectivity index (χ0) is 15.4. The molecule has 0 bridgehead atoms. The van der Waals surface area contributed by atoms with E-state index in [4.69, 9.17) is 16.3 Å². The van der Waals surface area contributed by atoms with E-state index in [2.05, 4.69) is 5.73 Å². The molecule has 0 spiro atoms. The summed E-state index contributed by atoms with van der Waals surface area (Å²) in [6.07, 6.45) is 1.92. The zero-order valence-corrected chi connectivity index (χ0v) is 13.0. The molecule has 0 amide bonds. The van der Waals surface area contributed by atoms with Gasteiger partial charge in [0.1, 0.15) is 11.6 Å². The van der Waals surface area contributed by atoms with Gasteiger partial charge in [0.2, 0.25) is 0 Å². The van der Waals surface area contributed by atoms with E-state index in [1.165, 1.54) is 13.1 Å². The second-order valence-electron chi connectivity index (χ2n) is 4.82. The van der Waals surface area contributed by atoms with Crippen molar-refractivity contribution in [3.63, 3.8) is 0 Å².